The number of hydrogen-bond acceptors (Lipinski definition) is 16. The first kappa shape index (κ1) is 103. The van der Waals surface area contributed by atoms with E-state index in [-0.39, 0.29) is 147 Å². The summed E-state index contributed by atoms with van der Waals surface area (Å²) in [7, 11) is 0. The summed E-state index contributed by atoms with van der Waals surface area (Å²) in [5, 5.41) is 29.4. The number of allylic oxidation sites excluding steroid dienone is 22. The van der Waals surface area contributed by atoms with Crippen LogP contribution in [0.5, 0.6) is 0 Å². The molecule has 16 nitrogen and oxygen atoms in total. The van der Waals surface area contributed by atoms with E-state index in [4.69, 9.17) is 55.8 Å². The molecule has 0 aromatic heterocycles. The number of ether oxygens (including phenoxy) is 8. The second-order valence-corrected chi connectivity index (χ2v) is 46.2. The average molecular weight is 1890 g/mol. The molecule has 3 N–H and O–H groups in total. The number of halogens is 1. The Balaban J connectivity index is 0.000000130. The van der Waals surface area contributed by atoms with Gasteiger partial charge in [0.2, 0.25) is 0 Å². The van der Waals surface area contributed by atoms with Crippen molar-refractivity contribution in [2.24, 2.45) is 143 Å². The van der Waals surface area contributed by atoms with E-state index in [1.807, 2.05) is 30.4 Å². The van der Waals surface area contributed by atoms with Crippen LogP contribution in [-0.4, -0.2) is 154 Å². The number of terminal acetylenes is 3. The molecule has 17 unspecified atom stereocenters. The van der Waals surface area contributed by atoms with Crippen molar-refractivity contribution in [3.8, 4) is 31.6 Å². The van der Waals surface area contributed by atoms with Crippen LogP contribution in [0.25, 0.3) is 0 Å². The van der Waals surface area contributed by atoms with Crippen LogP contribution >= 0.6 is 0 Å². The molecule has 3 spiro atoms. The fourth-order valence-electron chi connectivity index (χ4n) is 32.3. The van der Waals surface area contributed by atoms with Crippen LogP contribution in [0, 0.1) is 181 Å². The third-order valence-electron chi connectivity index (χ3n) is 39.4. The molecule has 14 fully saturated rings. The average Bonchev–Trinajstić information content (AvgIpc) is 1.57. The van der Waals surface area contributed by atoms with Gasteiger partial charge in [-0.15, -0.1) is 19.3 Å². The molecule has 3 heterocycles. The molecule has 133 heavy (non-hydrogen) atoms. The van der Waals surface area contributed by atoms with Gasteiger partial charge in [0.05, 0.1) is 51.3 Å². The van der Waals surface area contributed by atoms with Crippen molar-refractivity contribution in [2.45, 2.75) is 292 Å². The number of aliphatic hydroxyl groups is 3. The van der Waals surface area contributed by atoms with E-state index in [9.17, 15) is 34.2 Å². The summed E-state index contributed by atoms with van der Waals surface area (Å²) in [6.07, 6.45) is 94.5. The van der Waals surface area contributed by atoms with Gasteiger partial charge in [-0.05, 0) is 302 Å². The van der Waals surface area contributed by atoms with Crippen LogP contribution in [0.3, 0.4) is 0 Å². The molecule has 0 aromatic rings. The molecule has 29 atom stereocenters. The van der Waals surface area contributed by atoms with E-state index in [0.29, 0.717) is 88.6 Å². The maximum Gasteiger partial charge on any atom is 2.00 e. The zero-order valence-electron chi connectivity index (χ0n) is 82.0. The van der Waals surface area contributed by atoms with Crippen LogP contribution in [0.1, 0.15) is 245 Å². The molecule has 11 saturated carbocycles. The molecular weight excluding hydrogens is 1740 g/mol. The van der Waals surface area contributed by atoms with Gasteiger partial charge in [0.15, 0.2) is 28.9 Å². The molecule has 3 saturated heterocycles. The fourth-order valence-corrected chi connectivity index (χ4v) is 32.3. The molecule has 23 rings (SSSR count). The number of hydrogen-bond donors (Lipinski definition) is 3. The van der Waals surface area contributed by atoms with Crippen molar-refractivity contribution in [3.63, 3.8) is 0 Å². The predicted octanol–water partition coefficient (Wildman–Crippen LogP) is 17.1. The first-order valence-electron chi connectivity index (χ1n) is 49.9. The van der Waals surface area contributed by atoms with Gasteiger partial charge in [0.1, 0.15) is 23.6 Å². The number of carbonyl (C=O) groups is 5. The number of carbonyl (C=O) groups excluding carboxylic acids is 5. The van der Waals surface area contributed by atoms with Gasteiger partial charge in [0, 0.05) is 93.7 Å². The number of ketones is 3. The van der Waals surface area contributed by atoms with Crippen LogP contribution in [-0.2, 0) is 61.9 Å². The third kappa shape index (κ3) is 16.9. The Kier molecular flexibility index (Phi) is 29.2. The number of fused-ring (bicyclic) bond motifs is 28. The summed E-state index contributed by atoms with van der Waals surface area (Å²) >= 11 is 0. The summed E-state index contributed by atoms with van der Waals surface area (Å²) in [5.74, 6) is 10.5. The summed E-state index contributed by atoms with van der Waals surface area (Å²) in [6.45, 7) is 35.9. The zero-order valence-corrected chi connectivity index (χ0v) is 85.0. The normalized spacial score (nSPS) is 45.0. The van der Waals surface area contributed by atoms with Crippen LogP contribution in [0.15, 0.2) is 168 Å². The van der Waals surface area contributed by atoms with Gasteiger partial charge in [0.25, 0.3) is 0 Å². The molecule has 3 aliphatic heterocycles. The number of Topliss-reactive ketones (excluding diaryl/α,β-unsaturated/α-hetero) is 1. The predicted molar refractivity (Wildman–Crippen MR) is 513 cm³/mol. The minimum Gasteiger partial charge on any atom is -1.00 e. The molecular formula is C115H149BrMgO16. The first-order valence-corrected chi connectivity index (χ1v) is 49.9. The summed E-state index contributed by atoms with van der Waals surface area (Å²) in [6, 6.07) is 0. The Hall–Kier alpha value is -6.12. The Bertz CT molecular complexity index is 5010. The Labute approximate surface area is 820 Å². The maximum absolute atomic E-state index is 12.4. The monoisotopic (exact) mass is 1890 g/mol. The maximum atomic E-state index is 12.4. The SMILES string of the molecule is C#C.C#C[C@]1(O)CCC2C3C=CC4=C[C@@H](O)C=C[C@]4(C)C3CC[C@@]21C.CC(=O)OC1C=C[C@@]2(C)C(=C1)C=CC1C2CC[C@@]2(C)C1CCC21OCCO1.CC(=O)OC1C=C[C@@]2(C)C(=C1)C=CC1C2CC[C@]2(C)C(=O)CCC12.CC(C)(C)O.C[C@]12C=CC(=O)C=C1C=CC1C2CC[C@@]2(C)C1CCC21OCCO1.C[C@]12C=CC(=O)C=C1CCC1C2CC[C@@]2(C)C1CCC21OCCO1.[Br-].[C-]#C.[Mg+2]. The smallest absolute Gasteiger partial charge is 1.00 e. The van der Waals surface area contributed by atoms with Crippen molar-refractivity contribution in [2.75, 3.05) is 39.6 Å². The Morgan fingerprint density at radius 1 is 0.421 bits per heavy atom. The molecule has 23 aliphatic rings. The minimum atomic E-state index is -0.952. The second kappa shape index (κ2) is 37.8. The number of esters is 2. The molecule has 20 aliphatic carbocycles. The summed E-state index contributed by atoms with van der Waals surface area (Å²) in [4.78, 5) is 58.6. The minimum absolute atomic E-state index is 0. The van der Waals surface area contributed by atoms with E-state index >= 15 is 0 Å². The topological polar surface area (TPSA) is 220 Å². The largest absolute Gasteiger partial charge is 2.00 e. The molecule has 0 aromatic carbocycles. The van der Waals surface area contributed by atoms with Crippen molar-refractivity contribution in [3.05, 3.63) is 174 Å². The molecule has 0 radical (unpaired) electrons. The molecule has 0 amide bonds. The summed E-state index contributed by atoms with van der Waals surface area (Å²) < 4.78 is 48.0. The van der Waals surface area contributed by atoms with Gasteiger partial charge in [-0.25, -0.2) is 0 Å². The fraction of sp³-hybridized carbons (Fsp3) is 0.661. The van der Waals surface area contributed by atoms with Crippen molar-refractivity contribution in [1.82, 2.24) is 0 Å². The zero-order chi connectivity index (χ0) is 94.1. The summed E-state index contributed by atoms with van der Waals surface area (Å²) in [5.41, 5.74) is 5.09. The second-order valence-electron chi connectivity index (χ2n) is 46.2. The standard InChI is InChI=1S/C23H30O4.C21H28O3.2C21H26O3.C21H26O2.C4H10O.C2H2.C2H.BrH.Mg/c1-15(24)27-17-6-9-21(2)16(14-17)4-5-18-19(21)7-10-22(3)20(18)8-11-23(22)25-12-13-26-23;2*1-19-8-5-15(22)13-14(19)3-4-16-17(19)6-9-20(2)18(16)7-10-21(20)23-11-12-24-21;1-13(22)24-15-8-10-20(2)14(12-15)4-5-16-17-6-7-19(23)21(17,3)11-9-18(16)20;1-4-21(23)12-9-18-16-6-5-14-13-15(22)7-10-19(14,2)17(16)8-11-20(18,21)3;1-4(2,3)5;2*1-2;;/h4-6,9,14,17-20H,7-8,10-13H2,1-3H3;5,8,13,16-18H,3-4,6-7,9-12H2,1-2H3;3-5,8,13,16-18H,6-7,9-12H2,1-2H3;4-5,8,10,12,15-18H,6-7,9,11H2,1-3H3;1,5-7,10,13,15-18,22-23H,8-9,11-12H2,2-3H3;5H,1-3H3;1-2H;1H;1H;/q;;;;;;;-1;;+2/p-1/t17?,18?,19?,20?,21-,22-;2*16?,17?,18?,19-,20-;15?,16?,17?,18?,20-,21-;15-,16?,17?,18?,19-,20-,21-;;;;;/m00000...../s1. The van der Waals surface area contributed by atoms with Crippen molar-refractivity contribution < 1.29 is 94.2 Å². The van der Waals surface area contributed by atoms with Crippen LogP contribution in [0.4, 0.5) is 0 Å². The van der Waals surface area contributed by atoms with E-state index in [1.54, 1.807) is 32.9 Å². The molecule has 714 valence electrons. The Morgan fingerprint density at radius 3 is 1.21 bits per heavy atom. The van der Waals surface area contributed by atoms with Gasteiger partial charge >= 0.3 is 35.0 Å². The third-order valence-corrected chi connectivity index (χ3v) is 39.4. The Morgan fingerprint density at radius 2 is 0.767 bits per heavy atom. The van der Waals surface area contributed by atoms with E-state index in [2.05, 4.69) is 192 Å². The van der Waals surface area contributed by atoms with Crippen LogP contribution < -0.4 is 17.0 Å². The number of rotatable bonds is 2. The number of aliphatic hydroxyl groups excluding tert-OH is 1. The van der Waals surface area contributed by atoms with E-state index in [1.165, 1.54) is 93.1 Å². The molecule has 0 bridgehead atoms. The molecule has 18 heteroatoms. The van der Waals surface area contributed by atoms with Gasteiger partial charge < -0.3 is 83.0 Å². The van der Waals surface area contributed by atoms with E-state index in [0.717, 1.165) is 135 Å². The van der Waals surface area contributed by atoms with Crippen molar-refractivity contribution in [1.29, 1.82) is 0 Å². The van der Waals surface area contributed by atoms with Crippen LogP contribution in [0.2, 0.25) is 0 Å². The van der Waals surface area contributed by atoms with Gasteiger partial charge in [-0.2, -0.15) is 0 Å². The van der Waals surface area contributed by atoms with Gasteiger partial charge in [-0.3, -0.25) is 24.0 Å². The van der Waals surface area contributed by atoms with Crippen molar-refractivity contribution >= 4 is 52.3 Å². The first-order chi connectivity index (χ1) is 62.0. The van der Waals surface area contributed by atoms with E-state index < -0.39 is 17.3 Å². The quantitative estimate of drug-likeness (QED) is 0.0769. The van der Waals surface area contributed by atoms with Gasteiger partial charge in [-0.1, -0.05) is 166 Å².